The maximum absolute atomic E-state index is 12.5. The van der Waals surface area contributed by atoms with Gasteiger partial charge in [0.25, 0.3) is 0 Å². The minimum Gasteiger partial charge on any atom is -0.485 e. The fraction of sp³-hybridized carbons (Fsp3) is 0.280. The third-order valence-corrected chi connectivity index (χ3v) is 4.68. The fourth-order valence-corrected chi connectivity index (χ4v) is 3.10. The number of nitrogens with one attached hydrogen (secondary N) is 1. The van der Waals surface area contributed by atoms with Gasteiger partial charge >= 0.3 is 6.18 Å². The molecule has 0 amide bonds. The highest BCUT2D eigenvalue weighted by Gasteiger charge is 2.27. The van der Waals surface area contributed by atoms with Gasteiger partial charge in [0.2, 0.25) is 0 Å². The number of hydrogen-bond acceptors (Lipinski definition) is 3. The number of halogens is 3. The highest BCUT2D eigenvalue weighted by molar-refractivity contribution is 5.43. The van der Waals surface area contributed by atoms with Crippen LogP contribution in [0.2, 0.25) is 0 Å². The van der Waals surface area contributed by atoms with Crippen LogP contribution in [0.5, 0.6) is 11.5 Å². The monoisotopic (exact) mass is 429 g/mol. The lowest BCUT2D eigenvalue weighted by Gasteiger charge is -2.18. The molecule has 1 atom stereocenters. The average molecular weight is 429 g/mol. The summed E-state index contributed by atoms with van der Waals surface area (Å²) in [6.45, 7) is 1.49. The molecule has 0 aliphatic rings. The number of ether oxygens (including phenoxy) is 2. The number of alkyl halides is 3. The zero-order valence-electron chi connectivity index (χ0n) is 17.4. The predicted molar refractivity (Wildman–Crippen MR) is 115 cm³/mol. The summed E-state index contributed by atoms with van der Waals surface area (Å²) in [5.74, 6) is 1.17. The summed E-state index contributed by atoms with van der Waals surface area (Å²) in [6, 6.07) is 24.7. The Bertz CT molecular complexity index is 931. The van der Waals surface area contributed by atoms with Gasteiger partial charge < -0.3 is 14.8 Å². The average Bonchev–Trinajstić information content (AvgIpc) is 2.76. The highest BCUT2D eigenvalue weighted by atomic mass is 19.4. The number of benzene rings is 3. The van der Waals surface area contributed by atoms with Crippen molar-refractivity contribution in [1.82, 2.24) is 5.32 Å². The Hall–Kier alpha value is -2.99. The van der Waals surface area contributed by atoms with Crippen LogP contribution >= 0.6 is 0 Å². The molecule has 0 radical (unpaired) electrons. The summed E-state index contributed by atoms with van der Waals surface area (Å²) in [6.07, 6.45) is -3.79. The van der Waals surface area contributed by atoms with Gasteiger partial charge in [-0.25, -0.2) is 0 Å². The molecule has 0 saturated carbocycles. The largest absolute Gasteiger partial charge is 0.485 e. The van der Waals surface area contributed by atoms with Gasteiger partial charge in [-0.05, 0) is 42.2 Å². The van der Waals surface area contributed by atoms with E-state index in [9.17, 15) is 13.2 Å². The van der Waals surface area contributed by atoms with Crippen molar-refractivity contribution in [3.8, 4) is 11.5 Å². The van der Waals surface area contributed by atoms with Gasteiger partial charge in [-0.15, -0.1) is 0 Å². The molecule has 0 saturated heterocycles. The van der Waals surface area contributed by atoms with E-state index < -0.39 is 12.7 Å². The Labute approximate surface area is 180 Å². The Morgan fingerprint density at radius 3 is 1.84 bits per heavy atom. The zero-order valence-corrected chi connectivity index (χ0v) is 17.4. The van der Waals surface area contributed by atoms with Crippen LogP contribution in [-0.2, 0) is 19.6 Å². The molecule has 3 aromatic carbocycles. The van der Waals surface area contributed by atoms with Crippen molar-refractivity contribution in [2.45, 2.75) is 38.8 Å². The van der Waals surface area contributed by atoms with Gasteiger partial charge in [-0.1, -0.05) is 66.7 Å². The summed E-state index contributed by atoms with van der Waals surface area (Å²) in [5, 5.41) is 2.51. The molecule has 0 aliphatic carbocycles. The second-order valence-electron chi connectivity index (χ2n) is 7.43. The summed E-state index contributed by atoms with van der Waals surface area (Å²) < 4.78 is 49.4. The summed E-state index contributed by atoms with van der Waals surface area (Å²) in [7, 11) is 0. The van der Waals surface area contributed by atoms with Crippen molar-refractivity contribution in [2.24, 2.45) is 0 Å². The van der Waals surface area contributed by atoms with E-state index in [2.05, 4.69) is 5.32 Å². The quantitative estimate of drug-likeness (QED) is 0.433. The molecule has 3 aromatic rings. The molecule has 0 aliphatic heterocycles. The van der Waals surface area contributed by atoms with Crippen molar-refractivity contribution < 1.29 is 22.6 Å². The Balaban J connectivity index is 1.70. The van der Waals surface area contributed by atoms with Crippen LogP contribution in [0.15, 0.2) is 78.9 Å². The van der Waals surface area contributed by atoms with Crippen LogP contribution in [0, 0.1) is 0 Å². The molecule has 0 bridgehead atoms. The molecule has 0 fully saturated rings. The van der Waals surface area contributed by atoms with Gasteiger partial charge in [-0.2, -0.15) is 13.2 Å². The minimum absolute atomic E-state index is 0.334. The van der Waals surface area contributed by atoms with Gasteiger partial charge in [0.15, 0.2) is 11.5 Å². The lowest BCUT2D eigenvalue weighted by atomic mass is 10.1. The van der Waals surface area contributed by atoms with Crippen molar-refractivity contribution in [3.63, 3.8) is 0 Å². The summed E-state index contributed by atoms with van der Waals surface area (Å²) in [4.78, 5) is 0. The maximum Gasteiger partial charge on any atom is 0.401 e. The zero-order chi connectivity index (χ0) is 22.1. The van der Waals surface area contributed by atoms with E-state index in [0.717, 1.165) is 16.7 Å². The first kappa shape index (κ1) is 22.7. The van der Waals surface area contributed by atoms with Crippen LogP contribution in [0.4, 0.5) is 13.2 Å². The Morgan fingerprint density at radius 2 is 1.29 bits per heavy atom. The van der Waals surface area contributed by atoms with Crippen molar-refractivity contribution >= 4 is 0 Å². The van der Waals surface area contributed by atoms with Gasteiger partial charge in [0, 0.05) is 6.04 Å². The van der Waals surface area contributed by atoms with Crippen molar-refractivity contribution in [2.75, 3.05) is 6.54 Å². The SMILES string of the molecule is C[C@H](Cc1ccc(OCc2ccccc2)c(OCc2ccccc2)c1)NCC(F)(F)F. The van der Waals surface area contributed by atoms with E-state index in [1.54, 1.807) is 6.92 Å². The maximum atomic E-state index is 12.5. The predicted octanol–water partition coefficient (Wildman–Crippen LogP) is 5.93. The molecule has 0 spiro atoms. The van der Waals surface area contributed by atoms with E-state index in [1.165, 1.54) is 0 Å². The molecule has 3 rings (SSSR count). The first-order chi connectivity index (χ1) is 14.9. The third kappa shape index (κ3) is 7.98. The van der Waals surface area contributed by atoms with E-state index in [0.29, 0.717) is 31.1 Å². The molecule has 31 heavy (non-hydrogen) atoms. The van der Waals surface area contributed by atoms with Crippen LogP contribution in [-0.4, -0.2) is 18.8 Å². The number of hydrogen-bond donors (Lipinski definition) is 1. The standard InChI is InChI=1S/C25H26F3NO2/c1-19(29-18-25(26,27)28)14-22-12-13-23(30-16-20-8-4-2-5-9-20)24(15-22)31-17-21-10-6-3-7-11-21/h2-13,15,19,29H,14,16-18H2,1H3/t19-/m1/s1. The second-order valence-corrected chi connectivity index (χ2v) is 7.43. The third-order valence-electron chi connectivity index (χ3n) is 4.68. The fourth-order valence-electron chi connectivity index (χ4n) is 3.10. The van der Waals surface area contributed by atoms with Crippen LogP contribution in [0.25, 0.3) is 0 Å². The summed E-state index contributed by atoms with van der Waals surface area (Å²) >= 11 is 0. The minimum atomic E-state index is -4.23. The molecule has 0 unspecified atom stereocenters. The molecule has 0 heterocycles. The van der Waals surface area contributed by atoms with Crippen LogP contribution in [0.1, 0.15) is 23.6 Å². The second kappa shape index (κ2) is 10.9. The van der Waals surface area contributed by atoms with Gasteiger partial charge in [0.1, 0.15) is 13.2 Å². The van der Waals surface area contributed by atoms with Crippen LogP contribution < -0.4 is 14.8 Å². The lowest BCUT2D eigenvalue weighted by Crippen LogP contribution is -2.36. The van der Waals surface area contributed by atoms with Crippen molar-refractivity contribution in [3.05, 3.63) is 95.6 Å². The normalized spacial score (nSPS) is 12.4. The summed E-state index contributed by atoms with van der Waals surface area (Å²) in [5.41, 5.74) is 2.92. The van der Waals surface area contributed by atoms with Crippen LogP contribution in [0.3, 0.4) is 0 Å². The topological polar surface area (TPSA) is 30.5 Å². The van der Waals surface area contributed by atoms with Gasteiger partial charge in [-0.3, -0.25) is 0 Å². The van der Waals surface area contributed by atoms with Gasteiger partial charge in [0.05, 0.1) is 6.54 Å². The Morgan fingerprint density at radius 1 is 0.742 bits per heavy atom. The molecule has 6 heteroatoms. The van der Waals surface area contributed by atoms with E-state index >= 15 is 0 Å². The van der Waals surface area contributed by atoms with Crippen molar-refractivity contribution in [1.29, 1.82) is 0 Å². The molecule has 3 nitrogen and oxygen atoms in total. The first-order valence-electron chi connectivity index (χ1n) is 10.2. The van der Waals surface area contributed by atoms with E-state index in [4.69, 9.17) is 9.47 Å². The first-order valence-corrected chi connectivity index (χ1v) is 10.2. The molecular weight excluding hydrogens is 403 g/mol. The number of rotatable bonds is 10. The lowest BCUT2D eigenvalue weighted by molar-refractivity contribution is -0.126. The molecule has 164 valence electrons. The molecule has 0 aromatic heterocycles. The Kier molecular flexibility index (Phi) is 7.95. The molecule has 1 N–H and O–H groups in total. The molecular formula is C25H26F3NO2. The van der Waals surface area contributed by atoms with E-state index in [-0.39, 0.29) is 6.04 Å². The van der Waals surface area contributed by atoms with E-state index in [1.807, 2.05) is 78.9 Å². The smallest absolute Gasteiger partial charge is 0.401 e. The highest BCUT2D eigenvalue weighted by Crippen LogP contribution is 2.30.